The number of hydrogen-bond acceptors (Lipinski definition) is 7. The topological polar surface area (TPSA) is 113 Å². The zero-order valence-corrected chi connectivity index (χ0v) is 28.6. The molecule has 260 valence electrons. The van der Waals surface area contributed by atoms with Crippen LogP contribution in [0.3, 0.4) is 0 Å². The molecule has 0 aromatic heterocycles. The van der Waals surface area contributed by atoms with Gasteiger partial charge in [0.25, 0.3) is 0 Å². The predicted octanol–water partition coefficient (Wildman–Crippen LogP) is 8.61. The molecule has 0 spiro atoms. The van der Waals surface area contributed by atoms with Gasteiger partial charge in [0.15, 0.2) is 0 Å². The highest BCUT2D eigenvalue weighted by atomic mass is 16.6. The van der Waals surface area contributed by atoms with E-state index in [9.17, 15) is 24.9 Å². The average Bonchev–Trinajstić information content (AvgIpc) is 3.02. The summed E-state index contributed by atoms with van der Waals surface area (Å²) in [5, 5.41) is 29.9. The molecule has 0 aliphatic carbocycles. The minimum Gasteiger partial charge on any atom is -0.463 e. The van der Waals surface area contributed by atoms with E-state index in [2.05, 4.69) is 13.8 Å². The van der Waals surface area contributed by atoms with E-state index in [1.54, 1.807) is 12.2 Å². The van der Waals surface area contributed by atoms with Crippen molar-refractivity contribution in [2.45, 2.75) is 167 Å². The number of hydrogen-bond donors (Lipinski definition) is 3. The Morgan fingerprint density at radius 2 is 0.933 bits per heavy atom. The standard InChI is InChI=1S/C38H66O7/c1-3-5-7-8-9-10-11-12-13-17-20-24-30-37(42)44-32-36(41)33-45-38(43)31-25-29-35(40)28-23-19-16-14-15-18-22-27-34(39)26-21-6-4-2/h15-16,18-19,22-23,27-28,34-36,39-41H,3-14,17,20-21,24-26,29-33H2,1-2H3/b18-15-,19-16-,27-22+,28-23+/t34-,35-,36-/m0/s1. The van der Waals surface area contributed by atoms with E-state index >= 15 is 0 Å². The van der Waals surface area contributed by atoms with Gasteiger partial charge < -0.3 is 24.8 Å². The monoisotopic (exact) mass is 634 g/mol. The Balaban J connectivity index is 3.73. The van der Waals surface area contributed by atoms with Crippen molar-refractivity contribution in [3.8, 4) is 0 Å². The summed E-state index contributed by atoms with van der Waals surface area (Å²) in [5.74, 6) is -0.788. The quantitative estimate of drug-likeness (QED) is 0.0397. The van der Waals surface area contributed by atoms with Crippen LogP contribution in [0.2, 0.25) is 0 Å². The second-order valence-electron chi connectivity index (χ2n) is 12.0. The molecule has 0 rings (SSSR count). The summed E-state index contributed by atoms with van der Waals surface area (Å²) in [6, 6.07) is 0. The predicted molar refractivity (Wildman–Crippen MR) is 185 cm³/mol. The van der Waals surface area contributed by atoms with Crippen molar-refractivity contribution < 1.29 is 34.4 Å². The van der Waals surface area contributed by atoms with E-state index in [-0.39, 0.29) is 31.7 Å². The van der Waals surface area contributed by atoms with Gasteiger partial charge in [-0.15, -0.1) is 0 Å². The maximum Gasteiger partial charge on any atom is 0.305 e. The molecule has 0 heterocycles. The van der Waals surface area contributed by atoms with Crippen LogP contribution in [0, 0.1) is 0 Å². The Morgan fingerprint density at radius 3 is 1.42 bits per heavy atom. The highest BCUT2D eigenvalue weighted by Gasteiger charge is 2.12. The highest BCUT2D eigenvalue weighted by molar-refractivity contribution is 5.69. The van der Waals surface area contributed by atoms with Crippen LogP contribution in [0.1, 0.15) is 149 Å². The summed E-state index contributed by atoms with van der Waals surface area (Å²) < 4.78 is 10.2. The first-order chi connectivity index (χ1) is 21.9. The number of carbonyl (C=O) groups is 2. The third kappa shape index (κ3) is 33.0. The maximum absolute atomic E-state index is 11.9. The first-order valence-electron chi connectivity index (χ1n) is 17.9. The molecule has 3 N–H and O–H groups in total. The van der Waals surface area contributed by atoms with Crippen LogP contribution in [-0.4, -0.2) is 58.8 Å². The molecule has 7 nitrogen and oxygen atoms in total. The minimum atomic E-state index is -1.05. The summed E-state index contributed by atoms with van der Waals surface area (Å²) in [7, 11) is 0. The lowest BCUT2D eigenvalue weighted by Gasteiger charge is -2.12. The van der Waals surface area contributed by atoms with Crippen LogP contribution in [0.25, 0.3) is 0 Å². The third-order valence-electron chi connectivity index (χ3n) is 7.53. The van der Waals surface area contributed by atoms with Crippen molar-refractivity contribution in [2.24, 2.45) is 0 Å². The smallest absolute Gasteiger partial charge is 0.305 e. The van der Waals surface area contributed by atoms with E-state index in [0.29, 0.717) is 19.3 Å². The highest BCUT2D eigenvalue weighted by Crippen LogP contribution is 2.13. The number of unbranched alkanes of at least 4 members (excludes halogenated alkanes) is 13. The third-order valence-corrected chi connectivity index (χ3v) is 7.53. The number of aliphatic hydroxyl groups excluding tert-OH is 3. The van der Waals surface area contributed by atoms with Crippen LogP contribution in [0.5, 0.6) is 0 Å². The van der Waals surface area contributed by atoms with Crippen LogP contribution in [0.4, 0.5) is 0 Å². The molecular weight excluding hydrogens is 568 g/mol. The molecule has 0 aromatic carbocycles. The molecule has 0 saturated carbocycles. The fraction of sp³-hybridized carbons (Fsp3) is 0.737. The van der Waals surface area contributed by atoms with E-state index in [1.165, 1.54) is 57.8 Å². The zero-order chi connectivity index (χ0) is 33.2. The number of ether oxygens (including phenoxy) is 2. The van der Waals surface area contributed by atoms with Gasteiger partial charge in [-0.2, -0.15) is 0 Å². The molecule has 3 atom stereocenters. The Labute approximate surface area is 274 Å². The van der Waals surface area contributed by atoms with E-state index in [0.717, 1.165) is 51.4 Å². The molecule has 0 fully saturated rings. The van der Waals surface area contributed by atoms with Gasteiger partial charge in [0.2, 0.25) is 0 Å². The zero-order valence-electron chi connectivity index (χ0n) is 28.6. The molecule has 0 aliphatic heterocycles. The largest absolute Gasteiger partial charge is 0.463 e. The van der Waals surface area contributed by atoms with Crippen molar-refractivity contribution in [2.75, 3.05) is 13.2 Å². The summed E-state index contributed by atoms with van der Waals surface area (Å²) in [6.07, 6.45) is 33.8. The van der Waals surface area contributed by atoms with Crippen molar-refractivity contribution in [3.05, 3.63) is 48.6 Å². The first-order valence-corrected chi connectivity index (χ1v) is 17.9. The van der Waals surface area contributed by atoms with Crippen molar-refractivity contribution in [1.29, 1.82) is 0 Å². The Morgan fingerprint density at radius 1 is 0.533 bits per heavy atom. The molecule has 0 amide bonds. The number of allylic oxidation sites excluding steroid dienone is 6. The van der Waals surface area contributed by atoms with Gasteiger partial charge in [0.1, 0.15) is 19.3 Å². The molecule has 0 aliphatic rings. The number of esters is 2. The van der Waals surface area contributed by atoms with Crippen LogP contribution in [-0.2, 0) is 19.1 Å². The van der Waals surface area contributed by atoms with Crippen molar-refractivity contribution in [1.82, 2.24) is 0 Å². The van der Waals surface area contributed by atoms with E-state index < -0.39 is 18.2 Å². The average molecular weight is 635 g/mol. The summed E-state index contributed by atoms with van der Waals surface area (Å²) >= 11 is 0. The number of rotatable bonds is 31. The maximum atomic E-state index is 11.9. The first kappa shape index (κ1) is 42.8. The summed E-state index contributed by atoms with van der Waals surface area (Å²) in [6.45, 7) is 3.98. The van der Waals surface area contributed by atoms with Crippen LogP contribution < -0.4 is 0 Å². The second kappa shape index (κ2) is 33.2. The minimum absolute atomic E-state index is 0.137. The van der Waals surface area contributed by atoms with Gasteiger partial charge in [-0.1, -0.05) is 152 Å². The van der Waals surface area contributed by atoms with Crippen LogP contribution >= 0.6 is 0 Å². The number of aliphatic hydroxyl groups is 3. The molecule has 0 aromatic rings. The molecule has 0 radical (unpaired) electrons. The molecule has 7 heteroatoms. The summed E-state index contributed by atoms with van der Waals surface area (Å²) in [4.78, 5) is 23.8. The van der Waals surface area contributed by atoms with E-state index in [4.69, 9.17) is 9.47 Å². The molecule has 0 unspecified atom stereocenters. The lowest BCUT2D eigenvalue weighted by molar-refractivity contribution is -0.152. The normalized spacial score (nSPS) is 14.2. The van der Waals surface area contributed by atoms with Crippen molar-refractivity contribution in [3.63, 3.8) is 0 Å². The molecule has 0 saturated heterocycles. The van der Waals surface area contributed by atoms with Crippen LogP contribution in [0.15, 0.2) is 48.6 Å². The fourth-order valence-electron chi connectivity index (χ4n) is 4.71. The van der Waals surface area contributed by atoms with Gasteiger partial charge in [0.05, 0.1) is 12.2 Å². The van der Waals surface area contributed by atoms with Gasteiger partial charge in [-0.05, 0) is 32.1 Å². The van der Waals surface area contributed by atoms with Gasteiger partial charge in [-0.3, -0.25) is 9.59 Å². The number of carbonyl (C=O) groups excluding carboxylic acids is 2. The SMILES string of the molecule is CCCCCCCCCCCCCCC(=O)OC[C@H](O)COC(=O)CCC[C@@H](O)/C=C/C=C\C/C=C\C=C\[C@@H](O)CCCCC. The Kier molecular flexibility index (Phi) is 31.5. The lowest BCUT2D eigenvalue weighted by atomic mass is 10.0. The van der Waals surface area contributed by atoms with Gasteiger partial charge in [-0.25, -0.2) is 0 Å². The summed E-state index contributed by atoms with van der Waals surface area (Å²) in [5.41, 5.74) is 0. The van der Waals surface area contributed by atoms with Crippen molar-refractivity contribution >= 4 is 11.9 Å². The molecule has 45 heavy (non-hydrogen) atoms. The fourth-order valence-corrected chi connectivity index (χ4v) is 4.71. The van der Waals surface area contributed by atoms with Gasteiger partial charge in [0, 0.05) is 12.8 Å². The Hall–Kier alpha value is -2.22. The van der Waals surface area contributed by atoms with Gasteiger partial charge >= 0.3 is 11.9 Å². The molecule has 0 bridgehead atoms. The lowest BCUT2D eigenvalue weighted by Crippen LogP contribution is -2.25. The van der Waals surface area contributed by atoms with E-state index in [1.807, 2.05) is 36.5 Å². The Bertz CT molecular complexity index is 802. The molecular formula is C38H66O7. The second-order valence-corrected chi connectivity index (χ2v) is 12.0.